The van der Waals surface area contributed by atoms with E-state index < -0.39 is 0 Å². The molecule has 0 spiro atoms. The molecule has 0 nitrogen and oxygen atoms in total. The van der Waals surface area contributed by atoms with E-state index in [2.05, 4.69) is 65.8 Å². The molecule has 178 valence electrons. The van der Waals surface area contributed by atoms with Gasteiger partial charge in [0.05, 0.1) is 0 Å². The van der Waals surface area contributed by atoms with E-state index in [1.165, 1.54) is 49.7 Å². The Morgan fingerprint density at radius 1 is 0.767 bits per heavy atom. The molecule has 0 heterocycles. The predicted octanol–water partition coefficient (Wildman–Crippen LogP) is 8.61. The van der Waals surface area contributed by atoms with Crippen LogP contribution in [-0.2, 0) is 23.3 Å². The first-order valence-corrected chi connectivity index (χ1v) is 16.4. The topological polar surface area (TPSA) is 0 Å². The Morgan fingerprint density at radius 3 is 1.27 bits per heavy atom. The second-order valence-corrected chi connectivity index (χ2v) is 7.74. The van der Waals surface area contributed by atoms with Crippen molar-refractivity contribution in [2.45, 2.75) is 92.9 Å². The Morgan fingerprint density at radius 2 is 1.07 bits per heavy atom. The number of allylic oxidation sites excluding steroid dienone is 8. The van der Waals surface area contributed by atoms with Gasteiger partial charge in [-0.3, -0.25) is 12.2 Å². The summed E-state index contributed by atoms with van der Waals surface area (Å²) in [7, 11) is 0. The Kier molecular flexibility index (Phi) is 35.3. The Bertz CT molecular complexity index is 471. The molecule has 0 N–H and O–H groups in total. The molecule has 0 aromatic heterocycles. The van der Waals surface area contributed by atoms with Crippen LogP contribution in [0.1, 0.15) is 92.9 Å². The van der Waals surface area contributed by atoms with Crippen molar-refractivity contribution in [3.05, 3.63) is 61.4 Å². The molecule has 0 radical (unpaired) electrons. The number of hydrogen-bond donors (Lipinski definition) is 0. The van der Waals surface area contributed by atoms with Crippen LogP contribution in [0.4, 0.5) is 0 Å². The van der Waals surface area contributed by atoms with Crippen molar-refractivity contribution in [1.29, 1.82) is 0 Å². The summed E-state index contributed by atoms with van der Waals surface area (Å²) < 4.78 is 0. The van der Waals surface area contributed by atoms with Crippen LogP contribution in [0, 0.1) is 38.8 Å². The Balaban J connectivity index is -0.000000114. The zero-order valence-electron chi connectivity index (χ0n) is 21.0. The van der Waals surface area contributed by atoms with Crippen molar-refractivity contribution in [2.75, 3.05) is 0 Å². The van der Waals surface area contributed by atoms with Crippen molar-refractivity contribution in [2.24, 2.45) is 11.8 Å². The van der Waals surface area contributed by atoms with Crippen LogP contribution in [0.3, 0.4) is 0 Å². The summed E-state index contributed by atoms with van der Waals surface area (Å²) in [6.07, 6.45) is 21.6. The van der Waals surface area contributed by atoms with E-state index in [4.69, 9.17) is 0 Å². The monoisotopic (exact) mass is 548 g/mol. The van der Waals surface area contributed by atoms with Gasteiger partial charge in [0.1, 0.15) is 0 Å². The van der Waals surface area contributed by atoms with Crippen LogP contribution in [-0.4, -0.2) is 6.88 Å². The van der Waals surface area contributed by atoms with Crippen molar-refractivity contribution < 1.29 is 23.3 Å². The fourth-order valence-electron chi connectivity index (χ4n) is 2.95. The fourth-order valence-corrected chi connectivity index (χ4v) is 2.95. The maximum atomic E-state index is 3.44. The van der Waals surface area contributed by atoms with E-state index in [-0.39, 0.29) is 39.7 Å². The molecule has 0 amide bonds. The first kappa shape index (κ1) is 40.9. The fraction of sp³-hybridized carbons (Fsp3) is 0.615. The zero-order valence-corrected chi connectivity index (χ0v) is 26.5. The van der Waals surface area contributed by atoms with Crippen molar-refractivity contribution >= 4 is 31.7 Å². The maximum absolute atomic E-state index is 3.44. The third kappa shape index (κ3) is 18.2. The number of unbranched alkanes of at least 4 members (excludes halogenated alkanes) is 2. The number of rotatable bonds is 8. The standard InChI is InChI=1S/2C12H19.2CH3.2ClH.H2Si.Zr/c2*1-4-5-6-11-7-8-12(9-11)10(2)3;;;;;;/h2*9-10H,4-7H2,1-3H3;2*1H3;2*1H;1H2;/q4*-1;;;;. The average molecular weight is 551 g/mol. The second-order valence-electron chi connectivity index (χ2n) is 7.74. The van der Waals surface area contributed by atoms with Gasteiger partial charge in [-0.25, -0.2) is 23.3 Å². The molecule has 0 unspecified atom stereocenters. The molecule has 2 aliphatic carbocycles. The summed E-state index contributed by atoms with van der Waals surface area (Å²) in [5, 5.41) is 0. The predicted molar refractivity (Wildman–Crippen MR) is 144 cm³/mol. The molecule has 0 saturated carbocycles. The minimum absolute atomic E-state index is 0. The van der Waals surface area contributed by atoms with Crippen LogP contribution >= 0.6 is 24.8 Å². The van der Waals surface area contributed by atoms with Gasteiger partial charge in [0.15, 0.2) is 0 Å². The van der Waals surface area contributed by atoms with E-state index in [1.807, 2.05) is 6.88 Å². The van der Waals surface area contributed by atoms with Gasteiger partial charge in [-0.2, -0.15) is 11.1 Å². The first-order chi connectivity index (χ1) is 12.5. The average Bonchev–Trinajstić information content (AvgIpc) is 3.30. The van der Waals surface area contributed by atoms with Gasteiger partial charge in [-0.1, -0.05) is 79.1 Å². The van der Waals surface area contributed by atoms with E-state index in [9.17, 15) is 0 Å². The van der Waals surface area contributed by atoms with Crippen LogP contribution in [0.5, 0.6) is 0 Å². The summed E-state index contributed by atoms with van der Waals surface area (Å²) in [5.74, 6) is 1.31. The number of hydrogen-bond acceptors (Lipinski definition) is 0. The van der Waals surface area contributed by atoms with Crippen LogP contribution in [0.25, 0.3) is 0 Å². The van der Waals surface area contributed by atoms with E-state index in [1.54, 1.807) is 34.5 Å². The zero-order chi connectivity index (χ0) is 19.9. The van der Waals surface area contributed by atoms with Crippen LogP contribution < -0.4 is 0 Å². The Labute approximate surface area is 219 Å². The van der Waals surface area contributed by atoms with Gasteiger partial charge >= 0.3 is 30.2 Å². The molecular weight excluding hydrogens is 503 g/mol. The van der Waals surface area contributed by atoms with Crippen molar-refractivity contribution in [3.8, 4) is 0 Å². The molecule has 2 rings (SSSR count). The van der Waals surface area contributed by atoms with E-state index >= 15 is 0 Å². The second kappa shape index (κ2) is 25.9. The van der Waals surface area contributed by atoms with E-state index in [0.29, 0.717) is 11.8 Å². The van der Waals surface area contributed by atoms with Gasteiger partial charge in [-0.05, 0) is 12.8 Å². The van der Waals surface area contributed by atoms with Crippen LogP contribution in [0.15, 0.2) is 34.4 Å². The summed E-state index contributed by atoms with van der Waals surface area (Å²) >= 11 is 1.58. The summed E-state index contributed by atoms with van der Waals surface area (Å²) in [6, 6.07) is 0. The molecule has 0 aromatic rings. The van der Waals surface area contributed by atoms with Gasteiger partial charge in [0.2, 0.25) is 0 Å². The molecule has 4 heteroatoms. The Hall–Kier alpha value is 0.640. The third-order valence-corrected chi connectivity index (χ3v) is 4.71. The quantitative estimate of drug-likeness (QED) is 0.210. The molecule has 2 aliphatic rings. The van der Waals surface area contributed by atoms with Crippen LogP contribution in [0.2, 0.25) is 0 Å². The molecule has 0 aromatic carbocycles. The molecule has 0 saturated heterocycles. The van der Waals surface area contributed by atoms with Gasteiger partial charge in [0, 0.05) is 0 Å². The van der Waals surface area contributed by atoms with Gasteiger partial charge in [-0.15, -0.1) is 37.7 Å². The number of halogens is 2. The summed E-state index contributed by atoms with van der Waals surface area (Å²) in [5.41, 5.74) is 6.00. The van der Waals surface area contributed by atoms with Crippen molar-refractivity contribution in [3.63, 3.8) is 0 Å². The summed E-state index contributed by atoms with van der Waals surface area (Å²) in [4.78, 5) is 0. The third-order valence-electron chi connectivity index (χ3n) is 4.71. The SMILES string of the molecule is CCCCC1=CC(C(C)C)=[C-]C1.CCCCC1=CC(C(C)C)=[C-]C1.Cl.Cl.[CH3-].[CH3-].[SiH2]=[Zr]. The van der Waals surface area contributed by atoms with Crippen molar-refractivity contribution in [1.82, 2.24) is 0 Å². The molecule has 30 heavy (non-hydrogen) atoms. The summed E-state index contributed by atoms with van der Waals surface area (Å²) in [6.45, 7) is 15.4. The molecule has 0 fully saturated rings. The minimum atomic E-state index is 0. The molecule has 0 bridgehead atoms. The molecular formula is C26H48Cl2SiZr-4. The van der Waals surface area contributed by atoms with E-state index in [0.717, 1.165) is 12.8 Å². The normalized spacial score (nSPS) is 13.4. The molecule has 0 aliphatic heterocycles. The van der Waals surface area contributed by atoms with Gasteiger partial charge in [0.25, 0.3) is 0 Å². The molecule has 0 atom stereocenters. The van der Waals surface area contributed by atoms with Gasteiger partial charge < -0.3 is 14.9 Å². The first-order valence-electron chi connectivity index (χ1n) is 10.4.